The van der Waals surface area contributed by atoms with Gasteiger partial charge in [-0.25, -0.2) is 0 Å². The summed E-state index contributed by atoms with van der Waals surface area (Å²) < 4.78 is 10.8. The Morgan fingerprint density at radius 3 is 2.42 bits per heavy atom. The molecule has 4 nitrogen and oxygen atoms in total. The molecule has 0 amide bonds. The summed E-state index contributed by atoms with van der Waals surface area (Å²) in [6, 6.07) is 7.51. The van der Waals surface area contributed by atoms with Gasteiger partial charge in [-0.3, -0.25) is 0 Å². The van der Waals surface area contributed by atoms with Crippen LogP contribution in [0.3, 0.4) is 0 Å². The monoisotopic (exact) mass is 266 g/mol. The minimum atomic E-state index is -0.911. The third kappa shape index (κ3) is 4.67. The van der Waals surface area contributed by atoms with Crippen LogP contribution in [-0.4, -0.2) is 36.1 Å². The van der Waals surface area contributed by atoms with Crippen molar-refractivity contribution in [1.82, 2.24) is 0 Å². The van der Waals surface area contributed by atoms with Crippen LogP contribution in [0.25, 0.3) is 0 Å². The Bertz CT molecular complexity index is 374. The van der Waals surface area contributed by atoms with Crippen LogP contribution < -0.4 is 4.74 Å². The molecule has 1 aromatic rings. The van der Waals surface area contributed by atoms with Gasteiger partial charge in [0.15, 0.2) is 0 Å². The van der Waals surface area contributed by atoms with Gasteiger partial charge in [0.05, 0.1) is 26.4 Å². The number of aliphatic hydroxyl groups excluding tert-OH is 2. The highest BCUT2D eigenvalue weighted by Crippen LogP contribution is 2.17. The molecule has 0 radical (unpaired) electrons. The van der Waals surface area contributed by atoms with Crippen molar-refractivity contribution in [1.29, 1.82) is 0 Å². The zero-order valence-electron chi connectivity index (χ0n) is 11.5. The molecule has 1 aromatic carbocycles. The molecule has 0 bridgehead atoms. The highest BCUT2D eigenvalue weighted by Gasteiger charge is 2.23. The first-order chi connectivity index (χ1) is 9.12. The Labute approximate surface area is 114 Å². The Morgan fingerprint density at radius 1 is 1.32 bits per heavy atom. The maximum absolute atomic E-state index is 9.74. The van der Waals surface area contributed by atoms with Gasteiger partial charge in [-0.2, -0.15) is 0 Å². The molecule has 0 unspecified atom stereocenters. The second-order valence-electron chi connectivity index (χ2n) is 4.47. The molecule has 2 N–H and O–H groups in total. The van der Waals surface area contributed by atoms with E-state index in [9.17, 15) is 5.11 Å². The number of hydrogen-bond donors (Lipinski definition) is 2. The summed E-state index contributed by atoms with van der Waals surface area (Å²) in [4.78, 5) is 0. The predicted octanol–water partition coefficient (Wildman–Crippen LogP) is 1.76. The zero-order valence-corrected chi connectivity index (χ0v) is 11.5. The van der Waals surface area contributed by atoms with E-state index in [1.54, 1.807) is 13.2 Å². The van der Waals surface area contributed by atoms with Crippen LogP contribution in [0.2, 0.25) is 0 Å². The predicted molar refractivity (Wildman–Crippen MR) is 74.0 cm³/mol. The summed E-state index contributed by atoms with van der Waals surface area (Å²) in [5.74, 6) is 0.746. The lowest BCUT2D eigenvalue weighted by atomic mass is 10.00. The lowest BCUT2D eigenvalue weighted by Gasteiger charge is -2.25. The van der Waals surface area contributed by atoms with Gasteiger partial charge in [-0.05, 0) is 17.7 Å². The lowest BCUT2D eigenvalue weighted by molar-refractivity contribution is -0.0806. The van der Waals surface area contributed by atoms with Crippen LogP contribution in [0, 0.1) is 5.92 Å². The van der Waals surface area contributed by atoms with Crippen molar-refractivity contribution >= 4 is 0 Å². The Morgan fingerprint density at radius 2 is 1.95 bits per heavy atom. The topological polar surface area (TPSA) is 58.9 Å². The first-order valence-corrected chi connectivity index (χ1v) is 6.28. The minimum absolute atomic E-state index is 0.0413. The van der Waals surface area contributed by atoms with E-state index in [1.165, 1.54) is 0 Å². The SMILES string of the molecule is C=C[C@@H](C)[C@H](OCc1ccc(OC)cc1)[C@H](O)CO. The van der Waals surface area contributed by atoms with Crippen molar-refractivity contribution in [3.05, 3.63) is 42.5 Å². The van der Waals surface area contributed by atoms with Crippen molar-refractivity contribution in [3.63, 3.8) is 0 Å². The maximum atomic E-state index is 9.74. The van der Waals surface area contributed by atoms with Crippen LogP contribution in [-0.2, 0) is 11.3 Å². The van der Waals surface area contributed by atoms with E-state index in [0.29, 0.717) is 6.61 Å². The quantitative estimate of drug-likeness (QED) is 0.704. The molecule has 0 aromatic heterocycles. The molecule has 0 saturated heterocycles. The van der Waals surface area contributed by atoms with E-state index in [0.717, 1.165) is 11.3 Å². The highest BCUT2D eigenvalue weighted by molar-refractivity contribution is 5.26. The van der Waals surface area contributed by atoms with Gasteiger partial charge in [0.2, 0.25) is 0 Å². The summed E-state index contributed by atoms with van der Waals surface area (Å²) in [7, 11) is 1.62. The van der Waals surface area contributed by atoms with Crippen molar-refractivity contribution in [3.8, 4) is 5.75 Å². The van der Waals surface area contributed by atoms with Gasteiger partial charge in [0.25, 0.3) is 0 Å². The molecule has 106 valence electrons. The molecule has 3 atom stereocenters. The number of methoxy groups -OCH3 is 1. The standard InChI is InChI=1S/C15H22O4/c1-4-11(2)15(14(17)9-16)19-10-12-5-7-13(18-3)8-6-12/h4-8,11,14-17H,1,9-10H2,2-3H3/t11-,14-,15+/m1/s1. The molecule has 0 aliphatic carbocycles. The second-order valence-corrected chi connectivity index (χ2v) is 4.47. The number of hydrogen-bond acceptors (Lipinski definition) is 4. The van der Waals surface area contributed by atoms with Gasteiger partial charge in [-0.1, -0.05) is 25.1 Å². The van der Waals surface area contributed by atoms with Crippen LogP contribution in [0.1, 0.15) is 12.5 Å². The number of aliphatic hydroxyl groups is 2. The minimum Gasteiger partial charge on any atom is -0.497 e. The van der Waals surface area contributed by atoms with Crippen LogP contribution in [0.15, 0.2) is 36.9 Å². The molecule has 0 saturated carbocycles. The van der Waals surface area contributed by atoms with Gasteiger partial charge in [-0.15, -0.1) is 6.58 Å². The lowest BCUT2D eigenvalue weighted by Crippen LogP contribution is -2.36. The largest absolute Gasteiger partial charge is 0.497 e. The Hall–Kier alpha value is -1.36. The summed E-state index contributed by atoms with van der Waals surface area (Å²) in [6.07, 6.45) is 0.327. The van der Waals surface area contributed by atoms with E-state index >= 15 is 0 Å². The average molecular weight is 266 g/mol. The third-order valence-corrected chi connectivity index (χ3v) is 3.06. The fourth-order valence-electron chi connectivity index (χ4n) is 1.77. The summed E-state index contributed by atoms with van der Waals surface area (Å²) in [5.41, 5.74) is 0.979. The first kappa shape index (κ1) is 15.7. The fraction of sp³-hybridized carbons (Fsp3) is 0.467. The third-order valence-electron chi connectivity index (χ3n) is 3.06. The van der Waals surface area contributed by atoms with Crippen LogP contribution >= 0.6 is 0 Å². The fourth-order valence-corrected chi connectivity index (χ4v) is 1.77. The smallest absolute Gasteiger partial charge is 0.118 e. The van der Waals surface area contributed by atoms with Crippen molar-refractivity contribution in [2.45, 2.75) is 25.7 Å². The molecule has 0 aliphatic rings. The number of benzene rings is 1. The Balaban J connectivity index is 2.61. The summed E-state index contributed by atoms with van der Waals surface area (Å²) >= 11 is 0. The second kappa shape index (κ2) is 7.94. The van der Waals surface area contributed by atoms with E-state index in [2.05, 4.69) is 6.58 Å². The molecule has 0 spiro atoms. The molecular formula is C15H22O4. The van der Waals surface area contributed by atoms with Crippen LogP contribution in [0.4, 0.5) is 0 Å². The van der Waals surface area contributed by atoms with E-state index in [4.69, 9.17) is 14.6 Å². The van der Waals surface area contributed by atoms with E-state index < -0.39 is 12.2 Å². The molecule has 0 heterocycles. The number of rotatable bonds is 8. The molecule has 4 heteroatoms. The average Bonchev–Trinajstić information content (AvgIpc) is 2.47. The van der Waals surface area contributed by atoms with Gasteiger partial charge in [0, 0.05) is 5.92 Å². The summed E-state index contributed by atoms with van der Waals surface area (Å²) in [6.45, 7) is 5.62. The van der Waals surface area contributed by atoms with E-state index in [-0.39, 0.29) is 12.5 Å². The zero-order chi connectivity index (χ0) is 14.3. The molecule has 0 aliphatic heterocycles. The van der Waals surface area contributed by atoms with Crippen molar-refractivity contribution in [2.75, 3.05) is 13.7 Å². The summed E-state index contributed by atoms with van der Waals surface area (Å²) in [5, 5.41) is 18.8. The molecule has 19 heavy (non-hydrogen) atoms. The Kier molecular flexibility index (Phi) is 6.56. The first-order valence-electron chi connectivity index (χ1n) is 6.28. The normalized spacial score (nSPS) is 15.6. The van der Waals surface area contributed by atoms with Crippen molar-refractivity contribution < 1.29 is 19.7 Å². The molecule has 1 rings (SSSR count). The van der Waals surface area contributed by atoms with Crippen LogP contribution in [0.5, 0.6) is 5.75 Å². The highest BCUT2D eigenvalue weighted by atomic mass is 16.5. The van der Waals surface area contributed by atoms with Gasteiger partial charge in [0.1, 0.15) is 11.9 Å². The molecular weight excluding hydrogens is 244 g/mol. The van der Waals surface area contributed by atoms with Gasteiger partial charge >= 0.3 is 0 Å². The maximum Gasteiger partial charge on any atom is 0.118 e. The van der Waals surface area contributed by atoms with Crippen molar-refractivity contribution in [2.24, 2.45) is 5.92 Å². The molecule has 0 fully saturated rings. The van der Waals surface area contributed by atoms with E-state index in [1.807, 2.05) is 31.2 Å². The van der Waals surface area contributed by atoms with Gasteiger partial charge < -0.3 is 19.7 Å². The number of ether oxygens (including phenoxy) is 2.